The number of allylic oxidation sites excluding steroid dienone is 1. The molecule has 0 aliphatic heterocycles. The molecule has 0 amide bonds. The van der Waals surface area contributed by atoms with E-state index in [1.165, 1.54) is 12.8 Å². The van der Waals surface area contributed by atoms with Gasteiger partial charge in [0.25, 0.3) is 0 Å². The van der Waals surface area contributed by atoms with E-state index in [1.54, 1.807) is 0 Å². The molecular weight excluding hydrogens is 132 g/mol. The molecule has 0 aromatic carbocycles. The third kappa shape index (κ3) is 9.74. The lowest BCUT2D eigenvalue weighted by Crippen LogP contribution is -2.02. The first-order valence-electron chi connectivity index (χ1n) is 4.76. The van der Waals surface area contributed by atoms with E-state index in [9.17, 15) is 0 Å². The average molecular weight is 156 g/mol. The summed E-state index contributed by atoms with van der Waals surface area (Å²) in [6.07, 6.45) is 4.52. The van der Waals surface area contributed by atoms with Gasteiger partial charge in [-0.3, -0.25) is 0 Å². The predicted octanol–water partition coefficient (Wildman–Crippen LogP) is 4.27. The summed E-state index contributed by atoms with van der Waals surface area (Å²) in [5, 5.41) is 0. The Labute approximate surface area is 72.7 Å². The van der Waals surface area contributed by atoms with Crippen molar-refractivity contribution in [3.05, 3.63) is 12.7 Å². The van der Waals surface area contributed by atoms with Crippen LogP contribution in [-0.4, -0.2) is 0 Å². The maximum atomic E-state index is 3.75. The van der Waals surface area contributed by atoms with E-state index in [2.05, 4.69) is 41.2 Å². The molecule has 0 aromatic rings. The lowest BCUT2D eigenvalue weighted by Gasteiger charge is -2.12. The van der Waals surface area contributed by atoms with Gasteiger partial charge >= 0.3 is 0 Å². The van der Waals surface area contributed by atoms with Crippen LogP contribution in [0, 0.1) is 11.8 Å². The zero-order valence-corrected chi connectivity index (χ0v) is 8.85. The lowest BCUT2D eigenvalue weighted by atomic mass is 9.94. The van der Waals surface area contributed by atoms with Crippen LogP contribution in [0.4, 0.5) is 0 Å². The molecule has 0 aliphatic rings. The first-order valence-corrected chi connectivity index (χ1v) is 4.76. The van der Waals surface area contributed by atoms with E-state index < -0.39 is 0 Å². The second-order valence-corrected chi connectivity index (χ2v) is 3.26. The second-order valence-electron chi connectivity index (χ2n) is 3.26. The summed E-state index contributed by atoms with van der Waals surface area (Å²) in [4.78, 5) is 0. The Morgan fingerprint density at radius 1 is 1.18 bits per heavy atom. The van der Waals surface area contributed by atoms with Crippen LogP contribution in [0.2, 0.25) is 0 Å². The molecule has 1 unspecified atom stereocenters. The van der Waals surface area contributed by atoms with Gasteiger partial charge in [0.05, 0.1) is 0 Å². The quantitative estimate of drug-likeness (QED) is 0.535. The summed E-state index contributed by atoms with van der Waals surface area (Å²) >= 11 is 0. The van der Waals surface area contributed by atoms with Crippen molar-refractivity contribution in [2.75, 3.05) is 0 Å². The SMILES string of the molecule is C=CC(CC)C(C)C.CCC. The minimum atomic E-state index is 0.718. The summed E-state index contributed by atoms with van der Waals surface area (Å²) in [6.45, 7) is 14.7. The van der Waals surface area contributed by atoms with E-state index in [4.69, 9.17) is 0 Å². The third-order valence-corrected chi connectivity index (χ3v) is 1.63. The van der Waals surface area contributed by atoms with Crippen molar-refractivity contribution < 1.29 is 0 Å². The standard InChI is InChI=1S/C8H16.C3H8/c1-5-8(6-2)7(3)4;1-3-2/h5,7-8H,1,6H2,2-4H3;3H2,1-2H3. The molecule has 0 aromatic heterocycles. The van der Waals surface area contributed by atoms with Crippen LogP contribution in [0.15, 0.2) is 12.7 Å². The van der Waals surface area contributed by atoms with Gasteiger partial charge in [0.15, 0.2) is 0 Å². The normalized spacial score (nSPS) is 11.8. The largest absolute Gasteiger partial charge is 0.103 e. The Hall–Kier alpha value is -0.260. The smallest absolute Gasteiger partial charge is 0.0216 e. The van der Waals surface area contributed by atoms with E-state index in [0.29, 0.717) is 0 Å². The van der Waals surface area contributed by atoms with Crippen molar-refractivity contribution in [2.24, 2.45) is 11.8 Å². The van der Waals surface area contributed by atoms with Crippen LogP contribution >= 0.6 is 0 Å². The molecule has 0 N–H and O–H groups in total. The molecule has 0 rings (SSSR count). The highest BCUT2D eigenvalue weighted by Crippen LogP contribution is 2.14. The van der Waals surface area contributed by atoms with Crippen molar-refractivity contribution >= 4 is 0 Å². The molecule has 0 nitrogen and oxygen atoms in total. The highest BCUT2D eigenvalue weighted by atomic mass is 14.1. The van der Waals surface area contributed by atoms with Crippen LogP contribution in [0.25, 0.3) is 0 Å². The van der Waals surface area contributed by atoms with Gasteiger partial charge in [-0.25, -0.2) is 0 Å². The molecular formula is C11H24. The molecule has 11 heavy (non-hydrogen) atoms. The second kappa shape index (κ2) is 9.74. The van der Waals surface area contributed by atoms with E-state index in [0.717, 1.165) is 11.8 Å². The fourth-order valence-electron chi connectivity index (χ4n) is 0.910. The molecule has 0 radical (unpaired) electrons. The predicted molar refractivity (Wildman–Crippen MR) is 54.8 cm³/mol. The Balaban J connectivity index is 0. The average Bonchev–Trinajstić information content (AvgIpc) is 1.91. The highest BCUT2D eigenvalue weighted by Gasteiger charge is 2.03. The lowest BCUT2D eigenvalue weighted by molar-refractivity contribution is 0.454. The number of hydrogen-bond acceptors (Lipinski definition) is 0. The highest BCUT2D eigenvalue weighted by molar-refractivity contribution is 4.79. The van der Waals surface area contributed by atoms with Gasteiger partial charge < -0.3 is 0 Å². The summed E-state index contributed by atoms with van der Waals surface area (Å²) in [6, 6.07) is 0. The zero-order chi connectivity index (χ0) is 9.28. The van der Waals surface area contributed by atoms with Crippen LogP contribution < -0.4 is 0 Å². The van der Waals surface area contributed by atoms with Crippen LogP contribution in [-0.2, 0) is 0 Å². The van der Waals surface area contributed by atoms with Gasteiger partial charge in [-0.2, -0.15) is 0 Å². The van der Waals surface area contributed by atoms with Crippen LogP contribution in [0.3, 0.4) is 0 Å². The van der Waals surface area contributed by atoms with Crippen molar-refractivity contribution in [1.82, 2.24) is 0 Å². The van der Waals surface area contributed by atoms with E-state index in [-0.39, 0.29) is 0 Å². The van der Waals surface area contributed by atoms with Gasteiger partial charge in [-0.15, -0.1) is 6.58 Å². The van der Waals surface area contributed by atoms with E-state index in [1.807, 2.05) is 6.08 Å². The van der Waals surface area contributed by atoms with E-state index >= 15 is 0 Å². The fourth-order valence-corrected chi connectivity index (χ4v) is 0.910. The van der Waals surface area contributed by atoms with Crippen LogP contribution in [0.1, 0.15) is 47.5 Å². The van der Waals surface area contributed by atoms with Gasteiger partial charge in [-0.1, -0.05) is 47.1 Å². The number of rotatable bonds is 3. The van der Waals surface area contributed by atoms with Crippen molar-refractivity contribution in [1.29, 1.82) is 0 Å². The maximum absolute atomic E-state index is 3.75. The molecule has 0 heterocycles. The van der Waals surface area contributed by atoms with Gasteiger partial charge in [-0.05, 0) is 18.3 Å². The molecule has 0 saturated heterocycles. The molecule has 0 saturated carbocycles. The summed E-state index contributed by atoms with van der Waals surface area (Å²) in [7, 11) is 0. The third-order valence-electron chi connectivity index (χ3n) is 1.63. The summed E-state index contributed by atoms with van der Waals surface area (Å²) in [5.41, 5.74) is 0. The first-order chi connectivity index (χ1) is 5.13. The van der Waals surface area contributed by atoms with Crippen molar-refractivity contribution in [2.45, 2.75) is 47.5 Å². The van der Waals surface area contributed by atoms with Gasteiger partial charge in [0.2, 0.25) is 0 Å². The Morgan fingerprint density at radius 2 is 1.55 bits per heavy atom. The zero-order valence-electron chi connectivity index (χ0n) is 8.85. The Bertz CT molecular complexity index is 72.1. The monoisotopic (exact) mass is 156 g/mol. The van der Waals surface area contributed by atoms with Crippen molar-refractivity contribution in [3.8, 4) is 0 Å². The molecule has 0 heteroatoms. The van der Waals surface area contributed by atoms with Gasteiger partial charge in [0.1, 0.15) is 0 Å². The Kier molecular flexibility index (Phi) is 11.8. The molecule has 1 atom stereocenters. The first kappa shape index (κ1) is 13.3. The minimum Gasteiger partial charge on any atom is -0.103 e. The topological polar surface area (TPSA) is 0 Å². The number of hydrogen-bond donors (Lipinski definition) is 0. The minimum absolute atomic E-state index is 0.718. The molecule has 0 aliphatic carbocycles. The Morgan fingerprint density at radius 3 is 1.55 bits per heavy atom. The summed E-state index contributed by atoms with van der Waals surface area (Å²) < 4.78 is 0. The molecule has 68 valence electrons. The molecule has 0 bridgehead atoms. The molecule has 0 spiro atoms. The van der Waals surface area contributed by atoms with Crippen LogP contribution in [0.5, 0.6) is 0 Å². The fraction of sp³-hybridized carbons (Fsp3) is 0.818. The van der Waals surface area contributed by atoms with Crippen molar-refractivity contribution in [3.63, 3.8) is 0 Å². The molecule has 0 fully saturated rings. The maximum Gasteiger partial charge on any atom is -0.0216 e. The summed E-state index contributed by atoms with van der Waals surface area (Å²) in [5.74, 6) is 1.48. The van der Waals surface area contributed by atoms with Gasteiger partial charge in [0, 0.05) is 0 Å².